The number of hydrogen-bond acceptors (Lipinski definition) is 4. The minimum atomic E-state index is -4.01. The van der Waals surface area contributed by atoms with Gasteiger partial charge in [-0.25, -0.2) is 17.9 Å². The van der Waals surface area contributed by atoms with Crippen LogP contribution in [0.2, 0.25) is 0 Å². The largest absolute Gasteiger partial charge is 0.508 e. The van der Waals surface area contributed by atoms with Gasteiger partial charge < -0.3 is 10.4 Å². The number of anilines is 1. The molecule has 0 aliphatic carbocycles. The normalized spacial score (nSPS) is 11.1. The van der Waals surface area contributed by atoms with Crippen LogP contribution < -0.4 is 10.5 Å². The molecule has 0 fully saturated rings. The molecule has 21 heavy (non-hydrogen) atoms. The van der Waals surface area contributed by atoms with E-state index in [1.807, 2.05) is 0 Å². The quantitative estimate of drug-likeness (QED) is 0.796. The second-order valence-corrected chi connectivity index (χ2v) is 5.75. The Kier molecular flexibility index (Phi) is 3.92. The van der Waals surface area contributed by atoms with Crippen molar-refractivity contribution >= 4 is 21.6 Å². The van der Waals surface area contributed by atoms with Crippen LogP contribution in [-0.4, -0.2) is 19.4 Å². The number of sulfonamides is 1. The van der Waals surface area contributed by atoms with Crippen molar-refractivity contribution in [3.8, 4) is 5.75 Å². The average molecular weight is 310 g/mol. The van der Waals surface area contributed by atoms with Gasteiger partial charge in [0.25, 0.3) is 5.91 Å². The molecule has 2 aromatic rings. The van der Waals surface area contributed by atoms with Crippen molar-refractivity contribution in [2.45, 2.75) is 4.90 Å². The van der Waals surface area contributed by atoms with Gasteiger partial charge in [-0.1, -0.05) is 0 Å². The third-order valence-corrected chi connectivity index (χ3v) is 3.56. The summed E-state index contributed by atoms with van der Waals surface area (Å²) in [5, 5.41) is 16.3. The van der Waals surface area contributed by atoms with Gasteiger partial charge in [-0.2, -0.15) is 0 Å². The summed E-state index contributed by atoms with van der Waals surface area (Å²) in [6, 6.07) is 8.27. The van der Waals surface area contributed by atoms with Crippen molar-refractivity contribution in [1.82, 2.24) is 0 Å². The molecular weight excluding hydrogens is 299 g/mol. The van der Waals surface area contributed by atoms with Crippen molar-refractivity contribution in [1.29, 1.82) is 0 Å². The molecule has 0 unspecified atom stereocenters. The first-order chi connectivity index (χ1) is 9.77. The first-order valence-electron chi connectivity index (χ1n) is 5.70. The van der Waals surface area contributed by atoms with Gasteiger partial charge in [-0.05, 0) is 42.5 Å². The van der Waals surface area contributed by atoms with E-state index in [0.717, 1.165) is 18.2 Å². The number of hydrogen-bond donors (Lipinski definition) is 3. The number of aromatic hydroxyl groups is 1. The van der Waals surface area contributed by atoms with E-state index in [-0.39, 0.29) is 21.9 Å². The van der Waals surface area contributed by atoms with E-state index in [0.29, 0.717) is 0 Å². The van der Waals surface area contributed by atoms with E-state index < -0.39 is 21.7 Å². The number of primary sulfonamides is 1. The van der Waals surface area contributed by atoms with Crippen molar-refractivity contribution < 1.29 is 22.7 Å². The molecule has 0 radical (unpaired) electrons. The average Bonchev–Trinajstić information content (AvgIpc) is 2.40. The number of carbonyl (C=O) groups is 1. The van der Waals surface area contributed by atoms with Crippen LogP contribution in [0, 0.1) is 5.82 Å². The number of rotatable bonds is 3. The summed E-state index contributed by atoms with van der Waals surface area (Å²) in [4.78, 5) is 11.5. The lowest BCUT2D eigenvalue weighted by Crippen LogP contribution is -2.15. The molecule has 1 amide bonds. The maximum Gasteiger partial charge on any atom is 0.255 e. The smallest absolute Gasteiger partial charge is 0.255 e. The molecule has 0 saturated carbocycles. The molecular formula is C13H11FN2O4S. The monoisotopic (exact) mass is 310 g/mol. The van der Waals surface area contributed by atoms with E-state index in [2.05, 4.69) is 5.32 Å². The summed E-state index contributed by atoms with van der Waals surface area (Å²) >= 11 is 0. The zero-order valence-corrected chi connectivity index (χ0v) is 11.4. The Bertz CT molecular complexity index is 788. The first-order valence-corrected chi connectivity index (χ1v) is 7.25. The van der Waals surface area contributed by atoms with Gasteiger partial charge in [0.1, 0.15) is 11.6 Å². The maximum atomic E-state index is 13.7. The van der Waals surface area contributed by atoms with E-state index in [9.17, 15) is 17.6 Å². The van der Waals surface area contributed by atoms with E-state index >= 15 is 0 Å². The Balaban J connectivity index is 2.24. The Hall–Kier alpha value is -2.45. The zero-order valence-electron chi connectivity index (χ0n) is 10.6. The predicted octanol–water partition coefficient (Wildman–Crippen LogP) is 1.43. The molecule has 0 saturated heterocycles. The highest BCUT2D eigenvalue weighted by Gasteiger charge is 2.14. The number of phenols is 1. The fraction of sp³-hybridized carbons (Fsp3) is 0. The molecule has 2 aromatic carbocycles. The molecule has 0 bridgehead atoms. The highest BCUT2D eigenvalue weighted by atomic mass is 32.2. The third kappa shape index (κ3) is 3.56. The van der Waals surface area contributed by atoms with Crippen molar-refractivity contribution in [3.05, 3.63) is 53.8 Å². The second kappa shape index (κ2) is 5.51. The molecule has 0 spiro atoms. The summed E-state index contributed by atoms with van der Waals surface area (Å²) in [7, 11) is -4.01. The molecule has 0 heterocycles. The van der Waals surface area contributed by atoms with E-state index in [1.165, 1.54) is 24.3 Å². The van der Waals surface area contributed by atoms with Crippen LogP contribution in [0.5, 0.6) is 5.75 Å². The molecule has 0 atom stereocenters. The number of amides is 1. The number of benzene rings is 2. The zero-order chi connectivity index (χ0) is 15.6. The number of halogens is 1. The Morgan fingerprint density at radius 1 is 1.14 bits per heavy atom. The fourth-order valence-corrected chi connectivity index (χ4v) is 2.11. The van der Waals surface area contributed by atoms with E-state index in [4.69, 9.17) is 10.2 Å². The lowest BCUT2D eigenvalue weighted by molar-refractivity contribution is 0.102. The van der Waals surface area contributed by atoms with Crippen LogP contribution >= 0.6 is 0 Å². The van der Waals surface area contributed by atoms with Crippen LogP contribution in [-0.2, 0) is 10.0 Å². The standard InChI is InChI=1S/C13H11FN2O4S/c14-11-7-10(21(15,19)20)5-6-12(11)16-13(18)8-1-3-9(17)4-2-8/h1-7,17H,(H,16,18)(H2,15,19,20). The summed E-state index contributed by atoms with van der Waals surface area (Å²) < 4.78 is 35.9. The topological polar surface area (TPSA) is 109 Å². The fourth-order valence-electron chi connectivity index (χ4n) is 1.58. The predicted molar refractivity (Wildman–Crippen MR) is 73.8 cm³/mol. The summed E-state index contributed by atoms with van der Waals surface area (Å²) in [5.41, 5.74) is 0.0307. The van der Waals surface area contributed by atoms with Gasteiger partial charge in [0.05, 0.1) is 10.6 Å². The number of nitrogens with two attached hydrogens (primary N) is 1. The number of phenolic OH excluding ortho intramolecular Hbond substituents is 1. The Morgan fingerprint density at radius 3 is 2.29 bits per heavy atom. The van der Waals surface area contributed by atoms with Crippen LogP contribution in [0.4, 0.5) is 10.1 Å². The SMILES string of the molecule is NS(=O)(=O)c1ccc(NC(=O)c2ccc(O)cc2)c(F)c1. The van der Waals surface area contributed by atoms with Crippen molar-refractivity contribution in [2.24, 2.45) is 5.14 Å². The van der Waals surface area contributed by atoms with Crippen LogP contribution in [0.15, 0.2) is 47.4 Å². The molecule has 4 N–H and O–H groups in total. The Morgan fingerprint density at radius 2 is 1.76 bits per heavy atom. The highest BCUT2D eigenvalue weighted by Crippen LogP contribution is 2.19. The van der Waals surface area contributed by atoms with Crippen molar-refractivity contribution in [2.75, 3.05) is 5.32 Å². The molecule has 6 nitrogen and oxygen atoms in total. The molecule has 0 aromatic heterocycles. The lowest BCUT2D eigenvalue weighted by Gasteiger charge is -2.07. The third-order valence-electron chi connectivity index (χ3n) is 2.65. The van der Waals surface area contributed by atoms with E-state index in [1.54, 1.807) is 0 Å². The molecule has 0 aliphatic heterocycles. The van der Waals surface area contributed by atoms with Gasteiger partial charge in [-0.3, -0.25) is 4.79 Å². The van der Waals surface area contributed by atoms with Crippen LogP contribution in [0.1, 0.15) is 10.4 Å². The lowest BCUT2D eigenvalue weighted by atomic mass is 10.2. The van der Waals surface area contributed by atoms with Crippen molar-refractivity contribution in [3.63, 3.8) is 0 Å². The molecule has 0 aliphatic rings. The van der Waals surface area contributed by atoms with Gasteiger partial charge in [0.2, 0.25) is 10.0 Å². The summed E-state index contributed by atoms with van der Waals surface area (Å²) in [5.74, 6) is -1.53. The Labute approximate surface area is 120 Å². The van der Waals surface area contributed by atoms with Gasteiger partial charge in [0.15, 0.2) is 0 Å². The summed E-state index contributed by atoms with van der Waals surface area (Å²) in [6.07, 6.45) is 0. The second-order valence-electron chi connectivity index (χ2n) is 4.19. The number of nitrogens with one attached hydrogen (secondary N) is 1. The molecule has 2 rings (SSSR count). The molecule has 110 valence electrons. The van der Waals surface area contributed by atoms with Crippen LogP contribution in [0.3, 0.4) is 0 Å². The minimum Gasteiger partial charge on any atom is -0.508 e. The van der Waals surface area contributed by atoms with Gasteiger partial charge in [0, 0.05) is 5.56 Å². The number of carbonyl (C=O) groups excluding carboxylic acids is 1. The minimum absolute atomic E-state index is 0.00441. The highest BCUT2D eigenvalue weighted by molar-refractivity contribution is 7.89. The van der Waals surface area contributed by atoms with Gasteiger partial charge in [-0.15, -0.1) is 0 Å². The van der Waals surface area contributed by atoms with Gasteiger partial charge >= 0.3 is 0 Å². The maximum absolute atomic E-state index is 13.7. The summed E-state index contributed by atoms with van der Waals surface area (Å²) in [6.45, 7) is 0. The van der Waals surface area contributed by atoms with Crippen LogP contribution in [0.25, 0.3) is 0 Å². The molecule has 8 heteroatoms. The first kappa shape index (κ1) is 14.9.